The topological polar surface area (TPSA) is 90.8 Å². The third-order valence-corrected chi connectivity index (χ3v) is 4.44. The van der Waals surface area contributed by atoms with Crippen molar-refractivity contribution in [2.75, 3.05) is 6.54 Å². The number of fused-ring (bicyclic) bond motifs is 2. The van der Waals surface area contributed by atoms with Gasteiger partial charge >= 0.3 is 0 Å². The van der Waals surface area contributed by atoms with Gasteiger partial charge in [0.25, 0.3) is 5.91 Å². The maximum Gasteiger partial charge on any atom is 0.252 e. The minimum atomic E-state index is -0.479. The number of hydrogen-bond acceptors (Lipinski definition) is 4. The van der Waals surface area contributed by atoms with E-state index in [4.69, 9.17) is 17.3 Å². The molecule has 0 radical (unpaired) electrons. The molecule has 3 heterocycles. The summed E-state index contributed by atoms with van der Waals surface area (Å²) in [5.74, 6) is -0.479. The lowest BCUT2D eigenvalue weighted by Gasteiger charge is -2.15. The second-order valence-electron chi connectivity index (χ2n) is 5.60. The fourth-order valence-electron chi connectivity index (χ4n) is 3.12. The molecule has 1 aliphatic heterocycles. The summed E-state index contributed by atoms with van der Waals surface area (Å²) in [6.45, 7) is 2.10. The van der Waals surface area contributed by atoms with Crippen molar-refractivity contribution >= 4 is 28.4 Å². The van der Waals surface area contributed by atoms with Crippen LogP contribution in [0.3, 0.4) is 0 Å². The Bertz CT molecular complexity index is 941. The number of aryl methyl sites for hydroxylation is 1. The van der Waals surface area contributed by atoms with Crippen molar-refractivity contribution < 1.29 is 4.79 Å². The van der Waals surface area contributed by atoms with Crippen LogP contribution in [-0.4, -0.2) is 32.0 Å². The molecule has 118 valence electrons. The Morgan fingerprint density at radius 2 is 2.26 bits per heavy atom. The molecule has 0 unspecified atom stereocenters. The van der Waals surface area contributed by atoms with Crippen LogP contribution >= 0.6 is 11.6 Å². The molecular weight excluding hydrogens is 316 g/mol. The molecule has 3 N–H and O–H groups in total. The van der Waals surface area contributed by atoms with E-state index in [0.717, 1.165) is 28.7 Å². The van der Waals surface area contributed by atoms with E-state index in [9.17, 15) is 4.79 Å². The summed E-state index contributed by atoms with van der Waals surface area (Å²) in [7, 11) is 1.84. The van der Waals surface area contributed by atoms with Crippen molar-refractivity contribution in [3.05, 3.63) is 34.6 Å². The van der Waals surface area contributed by atoms with E-state index in [1.807, 2.05) is 17.8 Å². The first-order chi connectivity index (χ1) is 11.1. The van der Waals surface area contributed by atoms with Crippen molar-refractivity contribution in [1.82, 2.24) is 24.9 Å². The molecule has 1 aliphatic rings. The molecule has 3 aromatic rings. The summed E-state index contributed by atoms with van der Waals surface area (Å²) in [5, 5.41) is 13.5. The van der Waals surface area contributed by atoms with Crippen molar-refractivity contribution in [2.45, 2.75) is 13.1 Å². The van der Waals surface area contributed by atoms with Crippen molar-refractivity contribution in [3.63, 3.8) is 0 Å². The Labute approximate surface area is 137 Å². The van der Waals surface area contributed by atoms with Crippen LogP contribution in [0.2, 0.25) is 5.02 Å². The van der Waals surface area contributed by atoms with Crippen LogP contribution < -0.4 is 11.1 Å². The standard InChI is InChI=1S/C15H15ClN6O/c1-21-14-9(6-19-21)4-8(5-10(14)16)13-12(15(17)23)11-7-18-2-3-22(11)20-13/h4-6,18H,2-3,7H2,1H3,(H2,17,23). The molecule has 0 fully saturated rings. The van der Waals surface area contributed by atoms with Gasteiger partial charge in [-0.05, 0) is 12.1 Å². The van der Waals surface area contributed by atoms with E-state index in [1.54, 1.807) is 16.9 Å². The van der Waals surface area contributed by atoms with Crippen LogP contribution in [0.25, 0.3) is 22.2 Å². The molecule has 0 aliphatic carbocycles. The predicted molar refractivity (Wildman–Crippen MR) is 87.2 cm³/mol. The van der Waals surface area contributed by atoms with E-state index >= 15 is 0 Å². The van der Waals surface area contributed by atoms with Crippen molar-refractivity contribution in [3.8, 4) is 11.3 Å². The van der Waals surface area contributed by atoms with Gasteiger partial charge in [-0.1, -0.05) is 11.6 Å². The number of carbonyl (C=O) groups is 1. The van der Waals surface area contributed by atoms with Gasteiger partial charge < -0.3 is 11.1 Å². The number of rotatable bonds is 2. The van der Waals surface area contributed by atoms with E-state index in [2.05, 4.69) is 15.5 Å². The third-order valence-electron chi connectivity index (χ3n) is 4.16. The maximum absolute atomic E-state index is 12.0. The van der Waals surface area contributed by atoms with Crippen LogP contribution in [0.5, 0.6) is 0 Å². The number of aromatic nitrogens is 4. The number of amides is 1. The number of benzene rings is 1. The summed E-state index contributed by atoms with van der Waals surface area (Å²) >= 11 is 6.39. The highest BCUT2D eigenvalue weighted by atomic mass is 35.5. The maximum atomic E-state index is 12.0. The van der Waals surface area contributed by atoms with Gasteiger partial charge in [0.15, 0.2) is 0 Å². The monoisotopic (exact) mass is 330 g/mol. The Hall–Kier alpha value is -2.38. The second kappa shape index (κ2) is 5.07. The van der Waals surface area contributed by atoms with Gasteiger partial charge in [0.05, 0.1) is 34.5 Å². The van der Waals surface area contributed by atoms with E-state index in [1.165, 1.54) is 0 Å². The van der Waals surface area contributed by atoms with Gasteiger partial charge in [-0.15, -0.1) is 0 Å². The Morgan fingerprint density at radius 1 is 1.43 bits per heavy atom. The number of nitrogens with one attached hydrogen (secondary N) is 1. The summed E-state index contributed by atoms with van der Waals surface area (Å²) < 4.78 is 3.56. The normalized spacial score (nSPS) is 14.2. The molecular formula is C15H15ClN6O. The lowest BCUT2D eigenvalue weighted by molar-refractivity contribution is 0.0999. The van der Waals surface area contributed by atoms with Gasteiger partial charge in [0.1, 0.15) is 5.69 Å². The molecule has 1 aromatic carbocycles. The minimum Gasteiger partial charge on any atom is -0.365 e. The molecule has 0 bridgehead atoms. The first-order valence-electron chi connectivity index (χ1n) is 7.28. The molecule has 23 heavy (non-hydrogen) atoms. The van der Waals surface area contributed by atoms with Gasteiger partial charge in [-0.25, -0.2) is 0 Å². The second-order valence-corrected chi connectivity index (χ2v) is 6.01. The highest BCUT2D eigenvalue weighted by Gasteiger charge is 2.25. The minimum absolute atomic E-state index is 0.455. The average molecular weight is 331 g/mol. The Kier molecular flexibility index (Phi) is 3.14. The number of nitrogens with two attached hydrogens (primary N) is 1. The predicted octanol–water partition coefficient (Wildman–Crippen LogP) is 1.29. The molecule has 0 atom stereocenters. The van der Waals surface area contributed by atoms with E-state index in [-0.39, 0.29) is 0 Å². The van der Waals surface area contributed by atoms with Gasteiger partial charge in [-0.2, -0.15) is 10.2 Å². The first kappa shape index (κ1) is 14.2. The highest BCUT2D eigenvalue weighted by molar-refractivity contribution is 6.35. The zero-order valence-electron chi connectivity index (χ0n) is 12.5. The first-order valence-corrected chi connectivity index (χ1v) is 7.66. The number of nitrogens with zero attached hydrogens (tertiary/aromatic N) is 4. The molecule has 4 rings (SSSR count). The van der Waals surface area contributed by atoms with Crippen molar-refractivity contribution in [1.29, 1.82) is 0 Å². The zero-order chi connectivity index (χ0) is 16.1. The van der Waals surface area contributed by atoms with Crippen molar-refractivity contribution in [2.24, 2.45) is 12.8 Å². The molecule has 0 saturated heterocycles. The molecule has 1 amide bonds. The highest BCUT2D eigenvalue weighted by Crippen LogP contribution is 2.33. The average Bonchev–Trinajstić information content (AvgIpc) is 3.08. The SMILES string of the molecule is Cn1ncc2cc(-c3nn4c(c3C(N)=O)CNCC4)cc(Cl)c21. The van der Waals surface area contributed by atoms with Gasteiger partial charge in [0, 0.05) is 31.1 Å². The van der Waals surface area contributed by atoms with Gasteiger partial charge in [-0.3, -0.25) is 14.2 Å². The molecule has 0 saturated carbocycles. The van der Waals surface area contributed by atoms with Crippen LogP contribution in [0.15, 0.2) is 18.3 Å². The van der Waals surface area contributed by atoms with E-state index < -0.39 is 5.91 Å². The number of carbonyl (C=O) groups excluding carboxylic acids is 1. The summed E-state index contributed by atoms with van der Waals surface area (Å²) in [6, 6.07) is 3.74. The quantitative estimate of drug-likeness (QED) is 0.741. The van der Waals surface area contributed by atoms with Crippen LogP contribution in [0, 0.1) is 0 Å². The number of primary amides is 1. The fraction of sp³-hybridized carbons (Fsp3) is 0.267. The van der Waals surface area contributed by atoms with Crippen LogP contribution in [0.4, 0.5) is 0 Å². The fourth-order valence-corrected chi connectivity index (χ4v) is 3.47. The summed E-state index contributed by atoms with van der Waals surface area (Å²) in [6.07, 6.45) is 1.74. The third kappa shape index (κ3) is 2.12. The largest absolute Gasteiger partial charge is 0.365 e. The number of hydrogen-bond donors (Lipinski definition) is 2. The smallest absolute Gasteiger partial charge is 0.252 e. The number of halogens is 1. The molecule has 8 heteroatoms. The molecule has 7 nitrogen and oxygen atoms in total. The van der Waals surface area contributed by atoms with Gasteiger partial charge in [0.2, 0.25) is 0 Å². The van der Waals surface area contributed by atoms with Crippen LogP contribution in [-0.2, 0) is 20.1 Å². The lowest BCUT2D eigenvalue weighted by Crippen LogP contribution is -2.30. The zero-order valence-corrected chi connectivity index (χ0v) is 13.3. The summed E-state index contributed by atoms with van der Waals surface area (Å²) in [5.41, 5.74) is 9.07. The summed E-state index contributed by atoms with van der Waals surface area (Å²) in [4.78, 5) is 12.0. The Balaban J connectivity index is 1.97. The molecule has 2 aromatic heterocycles. The molecule has 0 spiro atoms. The lowest BCUT2D eigenvalue weighted by atomic mass is 10.0. The van der Waals surface area contributed by atoms with Crippen LogP contribution in [0.1, 0.15) is 16.1 Å². The Morgan fingerprint density at radius 3 is 3.04 bits per heavy atom. The van der Waals surface area contributed by atoms with E-state index in [0.29, 0.717) is 29.4 Å².